The van der Waals surface area contributed by atoms with Crippen molar-refractivity contribution in [3.8, 4) is 0 Å². The Kier molecular flexibility index (Phi) is 6.13. The van der Waals surface area contributed by atoms with Crippen molar-refractivity contribution in [1.82, 2.24) is 5.32 Å². The van der Waals surface area contributed by atoms with Crippen LogP contribution in [0.15, 0.2) is 12.1 Å². The quantitative estimate of drug-likeness (QED) is 0.829. The summed E-state index contributed by atoms with van der Waals surface area (Å²) in [5, 5.41) is 2.55. The molecule has 9 heteroatoms. The highest BCUT2D eigenvalue weighted by atomic mass is 19.1. The normalized spacial score (nSPS) is 20.0. The van der Waals surface area contributed by atoms with Crippen molar-refractivity contribution in [2.24, 2.45) is 0 Å². The lowest BCUT2D eigenvalue weighted by molar-refractivity contribution is -0.119. The van der Waals surface area contributed by atoms with E-state index in [2.05, 4.69) is 5.32 Å². The molecule has 2 aliphatic rings. The molecule has 1 atom stereocenters. The maximum Gasteiger partial charge on any atom is 0.414 e. The number of allylic oxidation sites excluding steroid dienone is 1. The van der Waals surface area contributed by atoms with Crippen molar-refractivity contribution in [3.63, 3.8) is 0 Å². The van der Waals surface area contributed by atoms with Gasteiger partial charge < -0.3 is 19.7 Å². The number of amides is 2. The van der Waals surface area contributed by atoms with Gasteiger partial charge in [-0.25, -0.2) is 13.6 Å². The molecule has 2 amide bonds. The third-order valence-corrected chi connectivity index (χ3v) is 4.61. The zero-order chi connectivity index (χ0) is 20.3. The van der Waals surface area contributed by atoms with E-state index >= 15 is 8.78 Å². The van der Waals surface area contributed by atoms with E-state index in [1.165, 1.54) is 13.0 Å². The Labute approximate surface area is 161 Å². The van der Waals surface area contributed by atoms with Crippen molar-refractivity contribution in [3.05, 3.63) is 29.3 Å². The van der Waals surface area contributed by atoms with Crippen molar-refractivity contribution in [2.45, 2.75) is 20.0 Å². The summed E-state index contributed by atoms with van der Waals surface area (Å²) in [4.78, 5) is 26.0. The highest BCUT2D eigenvalue weighted by Crippen LogP contribution is 2.36. The number of hydrogen-bond donors (Lipinski definition) is 1. The monoisotopic (exact) mass is 395 g/mol. The van der Waals surface area contributed by atoms with Crippen LogP contribution in [0.2, 0.25) is 0 Å². The van der Waals surface area contributed by atoms with Gasteiger partial charge in [0.1, 0.15) is 11.9 Å². The highest BCUT2D eigenvalue weighted by Gasteiger charge is 2.36. The lowest BCUT2D eigenvalue weighted by atomic mass is 10.1. The first-order valence-corrected chi connectivity index (χ1v) is 9.12. The molecule has 0 saturated carbocycles. The molecule has 2 fully saturated rings. The van der Waals surface area contributed by atoms with Crippen LogP contribution in [0.25, 0.3) is 6.08 Å². The predicted molar refractivity (Wildman–Crippen MR) is 100 cm³/mol. The maximum atomic E-state index is 15.3. The van der Waals surface area contributed by atoms with Gasteiger partial charge in [-0.1, -0.05) is 12.2 Å². The summed E-state index contributed by atoms with van der Waals surface area (Å²) in [7, 11) is 0. The van der Waals surface area contributed by atoms with Gasteiger partial charge in [-0.3, -0.25) is 9.69 Å². The van der Waals surface area contributed by atoms with Gasteiger partial charge in [0.2, 0.25) is 5.91 Å². The molecule has 2 heterocycles. The van der Waals surface area contributed by atoms with Crippen LogP contribution in [0.4, 0.5) is 25.0 Å². The Balaban J connectivity index is 1.94. The second-order valence-electron chi connectivity index (χ2n) is 6.61. The molecule has 1 aromatic rings. The number of carbonyl (C=O) groups is 2. The molecule has 2 saturated heterocycles. The number of nitrogens with zero attached hydrogens (tertiary/aromatic N) is 2. The molecular weight excluding hydrogens is 372 g/mol. The number of halogens is 2. The topological polar surface area (TPSA) is 71.1 Å². The summed E-state index contributed by atoms with van der Waals surface area (Å²) in [6.07, 6.45) is 1.69. The molecule has 0 bridgehead atoms. The number of anilines is 2. The summed E-state index contributed by atoms with van der Waals surface area (Å²) >= 11 is 0. The van der Waals surface area contributed by atoms with Crippen LogP contribution < -0.4 is 15.1 Å². The fourth-order valence-electron chi connectivity index (χ4n) is 3.33. The van der Waals surface area contributed by atoms with Crippen LogP contribution in [-0.4, -0.2) is 57.5 Å². The predicted octanol–water partition coefficient (Wildman–Crippen LogP) is 2.30. The number of carbonyl (C=O) groups excluding carboxylic acids is 2. The first-order chi connectivity index (χ1) is 13.4. The molecule has 0 aliphatic carbocycles. The minimum atomic E-state index is -0.779. The fourth-order valence-corrected chi connectivity index (χ4v) is 3.33. The van der Waals surface area contributed by atoms with Gasteiger partial charge in [-0.2, -0.15) is 0 Å². The van der Waals surface area contributed by atoms with Crippen LogP contribution in [-0.2, 0) is 14.3 Å². The van der Waals surface area contributed by atoms with Crippen molar-refractivity contribution in [1.29, 1.82) is 0 Å². The van der Waals surface area contributed by atoms with Crippen molar-refractivity contribution < 1.29 is 27.8 Å². The number of rotatable bonds is 5. The Bertz CT molecular complexity index is 794. The van der Waals surface area contributed by atoms with E-state index in [-0.39, 0.29) is 35.9 Å². The lowest BCUT2D eigenvalue weighted by Gasteiger charge is -2.31. The Morgan fingerprint density at radius 3 is 2.71 bits per heavy atom. The number of ether oxygens (including phenoxy) is 2. The van der Waals surface area contributed by atoms with E-state index in [9.17, 15) is 9.59 Å². The minimum absolute atomic E-state index is 0.0155. The average Bonchev–Trinajstić information content (AvgIpc) is 3.04. The molecule has 3 rings (SSSR count). The molecule has 0 aromatic heterocycles. The smallest absolute Gasteiger partial charge is 0.414 e. The fraction of sp³-hybridized carbons (Fsp3) is 0.474. The number of benzene rings is 1. The Morgan fingerprint density at radius 1 is 1.36 bits per heavy atom. The maximum absolute atomic E-state index is 15.3. The van der Waals surface area contributed by atoms with Crippen molar-refractivity contribution >= 4 is 29.5 Å². The number of nitrogens with one attached hydrogen (secondary N) is 1. The van der Waals surface area contributed by atoms with Gasteiger partial charge in [-0.15, -0.1) is 0 Å². The average molecular weight is 395 g/mol. The molecule has 2 aliphatic heterocycles. The standard InChI is InChI=1S/C19H23F2N3O4/c1-3-4-14-17(21)16(9-15(20)18(14)23-5-7-27-8-6-23)24-11-13(28-19(24)26)10-22-12(2)25/h3-4,9,13H,5-8,10-11H2,1-2H3,(H,22,25)/b4-3+/t13-/m0/s1. The molecule has 0 radical (unpaired) electrons. The Hall–Kier alpha value is -2.68. The summed E-state index contributed by atoms with van der Waals surface area (Å²) in [5.41, 5.74) is 0.0560. The summed E-state index contributed by atoms with van der Waals surface area (Å²) < 4.78 is 40.8. The van der Waals surface area contributed by atoms with Crippen LogP contribution in [0, 0.1) is 11.6 Å². The van der Waals surface area contributed by atoms with Gasteiger partial charge in [-0.05, 0) is 6.92 Å². The SMILES string of the molecule is C/C=C/c1c(F)c(N2C[C@H](CNC(C)=O)OC2=O)cc(F)c1N1CCOCC1. The summed E-state index contributed by atoms with van der Waals surface area (Å²) in [6.45, 7) is 4.94. The van der Waals surface area contributed by atoms with E-state index in [0.29, 0.717) is 26.3 Å². The van der Waals surface area contributed by atoms with E-state index in [1.54, 1.807) is 17.9 Å². The van der Waals surface area contributed by atoms with Crippen LogP contribution in [0.3, 0.4) is 0 Å². The number of hydrogen-bond acceptors (Lipinski definition) is 5. The van der Waals surface area contributed by atoms with Gasteiger partial charge in [0.25, 0.3) is 0 Å². The van der Waals surface area contributed by atoms with Crippen molar-refractivity contribution in [2.75, 3.05) is 49.2 Å². The van der Waals surface area contributed by atoms with E-state index in [1.807, 2.05) is 0 Å². The summed E-state index contributed by atoms with van der Waals surface area (Å²) in [6, 6.07) is 1.02. The van der Waals surface area contributed by atoms with Gasteiger partial charge in [0, 0.05) is 31.6 Å². The molecule has 1 aromatic carbocycles. The minimum Gasteiger partial charge on any atom is -0.442 e. The van der Waals surface area contributed by atoms with Crippen LogP contribution >= 0.6 is 0 Å². The van der Waals surface area contributed by atoms with Crippen LogP contribution in [0.1, 0.15) is 19.4 Å². The largest absolute Gasteiger partial charge is 0.442 e. The molecule has 1 N–H and O–H groups in total. The molecule has 7 nitrogen and oxygen atoms in total. The third-order valence-electron chi connectivity index (χ3n) is 4.61. The molecule has 152 valence electrons. The zero-order valence-electron chi connectivity index (χ0n) is 15.8. The highest BCUT2D eigenvalue weighted by molar-refractivity contribution is 5.91. The molecular formula is C19H23F2N3O4. The molecule has 0 unspecified atom stereocenters. The second kappa shape index (κ2) is 8.55. The summed E-state index contributed by atoms with van der Waals surface area (Å²) in [5.74, 6) is -1.58. The first kappa shape index (κ1) is 20.1. The second-order valence-corrected chi connectivity index (χ2v) is 6.61. The Morgan fingerprint density at radius 2 is 2.07 bits per heavy atom. The molecule has 0 spiro atoms. The number of cyclic esters (lactones) is 1. The van der Waals surface area contributed by atoms with Gasteiger partial charge in [0.15, 0.2) is 5.82 Å². The van der Waals surface area contributed by atoms with E-state index in [4.69, 9.17) is 9.47 Å². The van der Waals surface area contributed by atoms with Gasteiger partial charge >= 0.3 is 6.09 Å². The first-order valence-electron chi connectivity index (χ1n) is 9.12. The van der Waals surface area contributed by atoms with Gasteiger partial charge in [0.05, 0.1) is 37.7 Å². The third kappa shape index (κ3) is 4.09. The van der Waals surface area contributed by atoms with Crippen LogP contribution in [0.5, 0.6) is 0 Å². The van der Waals surface area contributed by atoms with E-state index < -0.39 is 23.8 Å². The number of morpholine rings is 1. The van der Waals surface area contributed by atoms with E-state index in [0.717, 1.165) is 11.0 Å². The zero-order valence-corrected chi connectivity index (χ0v) is 15.8. The lowest BCUT2D eigenvalue weighted by Crippen LogP contribution is -2.37. The molecule has 28 heavy (non-hydrogen) atoms.